The van der Waals surface area contributed by atoms with Gasteiger partial charge in [-0.15, -0.1) is 0 Å². The molecule has 13 aromatic rings. The molecular weight excluding hydrogens is 941 g/mol. The number of fused-ring (bicyclic) bond motifs is 17. The van der Waals surface area contributed by atoms with Crippen LogP contribution in [0.4, 0.5) is 17.1 Å². The standard InChI is InChI=1S/C76H52N2/c1-75(2)65-31-14-11-29-61(65)73-72-62-30-12-17-34-68(62)76(66-32-15-9-26-58(66)59-27-10-16-33-67(59)76)69(72)48-63(74(73)75)52-38-36-51(37-39-52)53-22-19-25-56(46-53)77(55-42-40-50(41-43-55)49-20-5-3-6-21-49)57-44-45-71-64(47-57)60-28-13-18-35-70(60)78(71)54-23-7-4-8-24-54/h3-48H,1-2H3. The molecule has 16 rings (SSSR count). The van der Waals surface area contributed by atoms with Crippen molar-refractivity contribution in [1.29, 1.82) is 0 Å². The Hall–Kier alpha value is -9.76. The van der Waals surface area contributed by atoms with Crippen LogP contribution in [-0.4, -0.2) is 4.57 Å². The first-order chi connectivity index (χ1) is 38.5. The van der Waals surface area contributed by atoms with E-state index in [-0.39, 0.29) is 5.41 Å². The Bertz CT molecular complexity index is 4510. The fourth-order valence-corrected chi connectivity index (χ4v) is 14.3. The normalized spacial score (nSPS) is 13.7. The van der Waals surface area contributed by atoms with Gasteiger partial charge in [0.25, 0.3) is 0 Å². The predicted molar refractivity (Wildman–Crippen MR) is 326 cm³/mol. The third kappa shape index (κ3) is 6.26. The van der Waals surface area contributed by atoms with Crippen molar-refractivity contribution in [2.45, 2.75) is 24.7 Å². The topological polar surface area (TPSA) is 8.17 Å². The van der Waals surface area contributed by atoms with Crippen LogP contribution in [0.2, 0.25) is 0 Å². The molecule has 1 aromatic heterocycles. The summed E-state index contributed by atoms with van der Waals surface area (Å²) in [6.45, 7) is 4.87. The van der Waals surface area contributed by atoms with Gasteiger partial charge in [-0.05, 0) is 167 Å². The molecule has 2 heteroatoms. The number of hydrogen-bond acceptors (Lipinski definition) is 1. The summed E-state index contributed by atoms with van der Waals surface area (Å²) in [6.07, 6.45) is 0. The van der Waals surface area contributed by atoms with Gasteiger partial charge in [0.15, 0.2) is 0 Å². The van der Waals surface area contributed by atoms with E-state index >= 15 is 0 Å². The van der Waals surface area contributed by atoms with E-state index in [1.165, 1.54) is 116 Å². The molecule has 0 amide bonds. The molecule has 0 N–H and O–H groups in total. The Morgan fingerprint density at radius 3 is 1.49 bits per heavy atom. The van der Waals surface area contributed by atoms with Crippen molar-refractivity contribution >= 4 is 38.9 Å². The van der Waals surface area contributed by atoms with Crippen LogP contribution in [0.15, 0.2) is 279 Å². The highest BCUT2D eigenvalue weighted by Gasteiger charge is 2.54. The molecule has 0 fully saturated rings. The SMILES string of the molecule is CC1(C)c2ccccc2-c2c3c(cc(-c4ccc(-c5cccc(N(c6ccc(-c7ccccc7)cc6)c6ccc7c(c6)c6ccccc6n7-c6ccccc6)c5)cc4)c21)C1(c2ccccc2-c2ccccc21)c1ccccc1-3. The minimum Gasteiger partial charge on any atom is -0.310 e. The van der Waals surface area contributed by atoms with Gasteiger partial charge in [-0.25, -0.2) is 0 Å². The Labute approximate surface area is 455 Å². The number of benzene rings is 12. The summed E-state index contributed by atoms with van der Waals surface area (Å²) in [5, 5.41) is 2.44. The smallest absolute Gasteiger partial charge is 0.0725 e. The number of rotatable bonds is 7. The maximum Gasteiger partial charge on any atom is 0.0725 e. The summed E-state index contributed by atoms with van der Waals surface area (Å²) in [5.74, 6) is 0. The van der Waals surface area contributed by atoms with Crippen molar-refractivity contribution in [3.05, 3.63) is 312 Å². The molecule has 0 bridgehead atoms. The summed E-state index contributed by atoms with van der Waals surface area (Å²) in [4.78, 5) is 2.42. The molecule has 2 nitrogen and oxygen atoms in total. The highest BCUT2D eigenvalue weighted by Crippen LogP contribution is 2.67. The van der Waals surface area contributed by atoms with E-state index in [9.17, 15) is 0 Å². The number of anilines is 3. The second kappa shape index (κ2) is 16.9. The fourth-order valence-electron chi connectivity index (χ4n) is 14.3. The van der Waals surface area contributed by atoms with E-state index in [0.29, 0.717) is 0 Å². The van der Waals surface area contributed by atoms with Gasteiger partial charge in [0.1, 0.15) is 0 Å². The minimum atomic E-state index is -0.456. The zero-order valence-corrected chi connectivity index (χ0v) is 43.5. The molecular formula is C76H52N2. The Balaban J connectivity index is 0.854. The largest absolute Gasteiger partial charge is 0.310 e. The quantitative estimate of drug-likeness (QED) is 0.154. The van der Waals surface area contributed by atoms with Gasteiger partial charge >= 0.3 is 0 Å². The Kier molecular flexibility index (Phi) is 9.63. The van der Waals surface area contributed by atoms with Crippen molar-refractivity contribution in [2.24, 2.45) is 0 Å². The summed E-state index contributed by atoms with van der Waals surface area (Å²) < 4.78 is 2.39. The molecule has 366 valence electrons. The zero-order valence-electron chi connectivity index (χ0n) is 43.5. The lowest BCUT2D eigenvalue weighted by Gasteiger charge is -2.32. The number of nitrogens with zero attached hydrogens (tertiary/aromatic N) is 2. The third-order valence-electron chi connectivity index (χ3n) is 17.6. The molecule has 0 saturated heterocycles. The second-order valence-corrected chi connectivity index (χ2v) is 21.9. The molecule has 0 saturated carbocycles. The first kappa shape index (κ1) is 44.5. The molecule has 12 aromatic carbocycles. The summed E-state index contributed by atoms with van der Waals surface area (Å²) in [5.41, 5.74) is 29.7. The van der Waals surface area contributed by atoms with Crippen LogP contribution >= 0.6 is 0 Å². The molecule has 0 unspecified atom stereocenters. The van der Waals surface area contributed by atoms with Crippen LogP contribution in [-0.2, 0) is 10.8 Å². The molecule has 0 radical (unpaired) electrons. The first-order valence-corrected chi connectivity index (χ1v) is 27.3. The maximum atomic E-state index is 2.60. The molecule has 0 aliphatic heterocycles. The lowest BCUT2D eigenvalue weighted by Crippen LogP contribution is -2.26. The molecule has 3 aliphatic rings. The van der Waals surface area contributed by atoms with E-state index in [4.69, 9.17) is 0 Å². The highest BCUT2D eigenvalue weighted by atomic mass is 15.1. The van der Waals surface area contributed by atoms with Gasteiger partial charge in [0, 0.05) is 38.9 Å². The van der Waals surface area contributed by atoms with E-state index < -0.39 is 5.41 Å². The van der Waals surface area contributed by atoms with Crippen LogP contribution in [0.3, 0.4) is 0 Å². The Morgan fingerprint density at radius 2 is 0.782 bits per heavy atom. The summed E-state index contributed by atoms with van der Waals surface area (Å²) in [7, 11) is 0. The van der Waals surface area contributed by atoms with Crippen LogP contribution in [0.5, 0.6) is 0 Å². The van der Waals surface area contributed by atoms with E-state index in [2.05, 4.69) is 302 Å². The zero-order chi connectivity index (χ0) is 51.7. The van der Waals surface area contributed by atoms with Gasteiger partial charge in [-0.3, -0.25) is 0 Å². The first-order valence-electron chi connectivity index (χ1n) is 27.3. The van der Waals surface area contributed by atoms with Gasteiger partial charge in [0.05, 0.1) is 16.4 Å². The average Bonchev–Trinajstić information content (AvgIpc) is 4.38. The van der Waals surface area contributed by atoms with Crippen molar-refractivity contribution in [1.82, 2.24) is 4.57 Å². The molecule has 78 heavy (non-hydrogen) atoms. The van der Waals surface area contributed by atoms with Gasteiger partial charge in [-0.2, -0.15) is 0 Å². The van der Waals surface area contributed by atoms with Crippen molar-refractivity contribution < 1.29 is 0 Å². The molecule has 1 spiro atoms. The summed E-state index contributed by atoms with van der Waals surface area (Å²) >= 11 is 0. The number of aromatic nitrogens is 1. The second-order valence-electron chi connectivity index (χ2n) is 21.9. The van der Waals surface area contributed by atoms with Crippen LogP contribution < -0.4 is 4.90 Å². The molecule has 1 heterocycles. The molecule has 3 aliphatic carbocycles. The van der Waals surface area contributed by atoms with E-state index in [1.54, 1.807) is 0 Å². The lowest BCUT2D eigenvalue weighted by molar-refractivity contribution is 0.661. The predicted octanol–water partition coefficient (Wildman–Crippen LogP) is 19.9. The highest BCUT2D eigenvalue weighted by molar-refractivity contribution is 6.11. The average molecular weight is 993 g/mol. The van der Waals surface area contributed by atoms with Crippen LogP contribution in [0, 0.1) is 0 Å². The van der Waals surface area contributed by atoms with E-state index in [0.717, 1.165) is 28.3 Å². The van der Waals surface area contributed by atoms with Gasteiger partial charge in [0.2, 0.25) is 0 Å². The van der Waals surface area contributed by atoms with Gasteiger partial charge in [-0.1, -0.05) is 226 Å². The number of para-hydroxylation sites is 2. The fraction of sp³-hybridized carbons (Fsp3) is 0.0526. The van der Waals surface area contributed by atoms with Gasteiger partial charge < -0.3 is 9.47 Å². The Morgan fingerprint density at radius 1 is 0.295 bits per heavy atom. The maximum absolute atomic E-state index is 2.60. The summed E-state index contributed by atoms with van der Waals surface area (Å²) in [6, 6.07) is 104. The van der Waals surface area contributed by atoms with Crippen molar-refractivity contribution in [3.63, 3.8) is 0 Å². The minimum absolute atomic E-state index is 0.234. The van der Waals surface area contributed by atoms with Crippen LogP contribution in [0.25, 0.3) is 94.3 Å². The van der Waals surface area contributed by atoms with Crippen LogP contribution in [0.1, 0.15) is 47.2 Å². The molecule has 0 atom stereocenters. The number of hydrogen-bond donors (Lipinski definition) is 0. The monoisotopic (exact) mass is 992 g/mol. The third-order valence-corrected chi connectivity index (χ3v) is 17.6. The van der Waals surface area contributed by atoms with Crippen molar-refractivity contribution in [3.8, 4) is 72.4 Å². The lowest BCUT2D eigenvalue weighted by atomic mass is 9.69. The van der Waals surface area contributed by atoms with E-state index in [1.807, 2.05) is 0 Å². The van der Waals surface area contributed by atoms with Crippen molar-refractivity contribution in [2.75, 3.05) is 4.90 Å².